The van der Waals surface area contributed by atoms with E-state index in [9.17, 15) is 17.6 Å². The Morgan fingerprint density at radius 3 is 2.06 bits per heavy atom. The second kappa shape index (κ2) is 4.51. The molecule has 0 spiro atoms. The van der Waals surface area contributed by atoms with Crippen LogP contribution in [-0.2, 0) is 0 Å². The summed E-state index contributed by atoms with van der Waals surface area (Å²) < 4.78 is 50.2. The van der Waals surface area contributed by atoms with E-state index in [-0.39, 0.29) is 24.8 Å². The highest BCUT2D eigenvalue weighted by Gasteiger charge is 2.43. The van der Waals surface area contributed by atoms with E-state index in [1.807, 2.05) is 0 Å². The molecule has 16 heavy (non-hydrogen) atoms. The van der Waals surface area contributed by atoms with Crippen molar-refractivity contribution < 1.29 is 17.6 Å². The molecule has 2 fully saturated rings. The number of hydrogen-bond acceptors (Lipinski definition) is 1. The third kappa shape index (κ3) is 2.67. The molecule has 2 aliphatic rings. The fourth-order valence-corrected chi connectivity index (χ4v) is 2.93. The molecule has 0 bridgehead atoms. The minimum Gasteiger partial charge on any atom is -0.311 e. The first kappa shape index (κ1) is 12.1. The van der Waals surface area contributed by atoms with Crippen LogP contribution < -0.4 is 5.32 Å². The van der Waals surface area contributed by atoms with Crippen molar-refractivity contribution in [3.63, 3.8) is 0 Å². The van der Waals surface area contributed by atoms with Gasteiger partial charge in [0, 0.05) is 12.6 Å². The standard InChI is InChI=1S/C11H17F4N/c12-9-5-10(16-6-9)7-1-3-8(4-2-7)11(13,14)15/h7-10,16H,1-6H2/t7?,8?,9-,10-/m1/s1. The zero-order valence-electron chi connectivity index (χ0n) is 9.06. The van der Waals surface area contributed by atoms with Crippen molar-refractivity contribution in [2.24, 2.45) is 11.8 Å². The van der Waals surface area contributed by atoms with Crippen LogP contribution in [0.15, 0.2) is 0 Å². The van der Waals surface area contributed by atoms with E-state index in [2.05, 4.69) is 5.32 Å². The van der Waals surface area contributed by atoms with Gasteiger partial charge < -0.3 is 5.32 Å². The van der Waals surface area contributed by atoms with Gasteiger partial charge in [0.25, 0.3) is 0 Å². The van der Waals surface area contributed by atoms with E-state index >= 15 is 0 Å². The first-order valence-electron chi connectivity index (χ1n) is 5.91. The lowest BCUT2D eigenvalue weighted by molar-refractivity contribution is -0.184. The fourth-order valence-electron chi connectivity index (χ4n) is 2.93. The molecule has 0 aromatic heterocycles. The Labute approximate surface area is 92.6 Å². The lowest BCUT2D eigenvalue weighted by Gasteiger charge is -2.33. The molecule has 0 amide bonds. The summed E-state index contributed by atoms with van der Waals surface area (Å²) in [4.78, 5) is 0. The molecule has 1 saturated heterocycles. The van der Waals surface area contributed by atoms with Gasteiger partial charge in [0.15, 0.2) is 0 Å². The molecule has 0 aromatic carbocycles. The quantitative estimate of drug-likeness (QED) is 0.693. The summed E-state index contributed by atoms with van der Waals surface area (Å²) in [6.45, 7) is 0.365. The van der Waals surface area contributed by atoms with Crippen LogP contribution in [0.4, 0.5) is 17.6 Å². The number of rotatable bonds is 1. The summed E-state index contributed by atoms with van der Waals surface area (Å²) >= 11 is 0. The molecule has 1 saturated carbocycles. The minimum absolute atomic E-state index is 0.101. The second-order valence-corrected chi connectivity index (χ2v) is 5.00. The van der Waals surface area contributed by atoms with Crippen LogP contribution in [0.2, 0.25) is 0 Å². The van der Waals surface area contributed by atoms with Gasteiger partial charge >= 0.3 is 6.18 Å². The molecule has 2 rings (SSSR count). The molecule has 1 heterocycles. The minimum atomic E-state index is -4.04. The van der Waals surface area contributed by atoms with Crippen molar-refractivity contribution in [2.45, 2.75) is 50.5 Å². The highest BCUT2D eigenvalue weighted by atomic mass is 19.4. The number of alkyl halides is 4. The highest BCUT2D eigenvalue weighted by molar-refractivity contribution is 4.90. The van der Waals surface area contributed by atoms with Gasteiger partial charge in [-0.1, -0.05) is 0 Å². The predicted octanol–water partition coefficient (Wildman–Crippen LogP) is 3.06. The van der Waals surface area contributed by atoms with Crippen LogP contribution in [0, 0.1) is 11.8 Å². The summed E-state index contributed by atoms with van der Waals surface area (Å²) in [6, 6.07) is 0.101. The Balaban J connectivity index is 1.81. The zero-order chi connectivity index (χ0) is 11.8. The van der Waals surface area contributed by atoms with Crippen molar-refractivity contribution >= 4 is 0 Å². The van der Waals surface area contributed by atoms with E-state index in [1.54, 1.807) is 0 Å². The molecule has 1 aliphatic heterocycles. The van der Waals surface area contributed by atoms with Gasteiger partial charge in [0.1, 0.15) is 6.17 Å². The van der Waals surface area contributed by atoms with E-state index in [0.29, 0.717) is 25.8 Å². The van der Waals surface area contributed by atoms with Crippen LogP contribution in [0.3, 0.4) is 0 Å². The van der Waals surface area contributed by atoms with Crippen LogP contribution in [-0.4, -0.2) is 24.9 Å². The highest BCUT2D eigenvalue weighted by Crippen LogP contribution is 2.41. The SMILES string of the molecule is F[C@H]1CN[C@@H](C2CCC(C(F)(F)F)CC2)C1. The molecule has 1 N–H and O–H groups in total. The molecule has 0 unspecified atom stereocenters. The largest absolute Gasteiger partial charge is 0.391 e. The molecule has 1 aliphatic carbocycles. The summed E-state index contributed by atoms with van der Waals surface area (Å²) in [5.74, 6) is -0.898. The average molecular weight is 239 g/mol. The van der Waals surface area contributed by atoms with Crippen LogP contribution in [0.5, 0.6) is 0 Å². The van der Waals surface area contributed by atoms with Gasteiger partial charge in [-0.15, -0.1) is 0 Å². The monoisotopic (exact) mass is 239 g/mol. The van der Waals surface area contributed by atoms with Gasteiger partial charge in [-0.05, 0) is 38.0 Å². The Kier molecular flexibility index (Phi) is 3.42. The van der Waals surface area contributed by atoms with Crippen molar-refractivity contribution in [1.82, 2.24) is 5.32 Å². The average Bonchev–Trinajstić information content (AvgIpc) is 2.64. The van der Waals surface area contributed by atoms with Crippen LogP contribution in [0.1, 0.15) is 32.1 Å². The molecular formula is C11H17F4N. The lowest BCUT2D eigenvalue weighted by atomic mass is 9.78. The molecule has 0 radical (unpaired) electrons. The van der Waals surface area contributed by atoms with Gasteiger partial charge in [-0.25, -0.2) is 4.39 Å². The molecule has 1 nitrogen and oxygen atoms in total. The summed E-state index contributed by atoms with van der Waals surface area (Å²) in [5, 5.41) is 3.07. The van der Waals surface area contributed by atoms with Gasteiger partial charge in [0.2, 0.25) is 0 Å². The van der Waals surface area contributed by atoms with Crippen molar-refractivity contribution in [1.29, 1.82) is 0 Å². The van der Waals surface area contributed by atoms with Gasteiger partial charge in [-0.3, -0.25) is 0 Å². The zero-order valence-corrected chi connectivity index (χ0v) is 9.06. The van der Waals surface area contributed by atoms with Gasteiger partial charge in [0.05, 0.1) is 5.92 Å². The molecule has 94 valence electrons. The maximum absolute atomic E-state index is 13.0. The summed E-state index contributed by atoms with van der Waals surface area (Å²) in [6.07, 6.45) is -2.81. The summed E-state index contributed by atoms with van der Waals surface area (Å²) in [7, 11) is 0. The smallest absolute Gasteiger partial charge is 0.311 e. The normalized spacial score (nSPS) is 41.2. The van der Waals surface area contributed by atoms with E-state index < -0.39 is 18.3 Å². The maximum Gasteiger partial charge on any atom is 0.391 e. The number of nitrogens with one attached hydrogen (secondary N) is 1. The molecular weight excluding hydrogens is 222 g/mol. The molecule has 0 aromatic rings. The number of hydrogen-bond donors (Lipinski definition) is 1. The number of halogens is 4. The van der Waals surface area contributed by atoms with E-state index in [4.69, 9.17) is 0 Å². The summed E-state index contributed by atoms with van der Waals surface area (Å²) in [5.41, 5.74) is 0. The van der Waals surface area contributed by atoms with Crippen molar-refractivity contribution in [3.8, 4) is 0 Å². The first-order chi connectivity index (χ1) is 7.47. The topological polar surface area (TPSA) is 12.0 Å². The van der Waals surface area contributed by atoms with Crippen molar-refractivity contribution in [3.05, 3.63) is 0 Å². The third-order valence-electron chi connectivity index (χ3n) is 3.92. The molecule has 2 atom stereocenters. The second-order valence-electron chi connectivity index (χ2n) is 5.00. The van der Waals surface area contributed by atoms with E-state index in [0.717, 1.165) is 0 Å². The van der Waals surface area contributed by atoms with Crippen LogP contribution in [0.25, 0.3) is 0 Å². The Bertz CT molecular complexity index is 233. The Morgan fingerprint density at radius 2 is 1.62 bits per heavy atom. The van der Waals surface area contributed by atoms with Crippen LogP contribution >= 0.6 is 0 Å². The van der Waals surface area contributed by atoms with E-state index in [1.165, 1.54) is 0 Å². The van der Waals surface area contributed by atoms with Crippen molar-refractivity contribution in [2.75, 3.05) is 6.54 Å². The molecule has 5 heteroatoms. The Morgan fingerprint density at radius 1 is 1.00 bits per heavy atom. The van der Waals surface area contributed by atoms with Gasteiger partial charge in [-0.2, -0.15) is 13.2 Å². The third-order valence-corrected chi connectivity index (χ3v) is 3.92. The lowest BCUT2D eigenvalue weighted by Crippen LogP contribution is -2.36. The maximum atomic E-state index is 13.0. The fraction of sp³-hybridized carbons (Fsp3) is 1.00. The Hall–Kier alpha value is -0.320. The first-order valence-corrected chi connectivity index (χ1v) is 5.91. The predicted molar refractivity (Wildman–Crippen MR) is 52.8 cm³/mol.